The molecule has 1 aliphatic heterocycles. The van der Waals surface area contributed by atoms with Gasteiger partial charge in [0.25, 0.3) is 11.8 Å². The van der Waals surface area contributed by atoms with Crippen molar-refractivity contribution >= 4 is 17.7 Å². The smallest absolute Gasteiger partial charge is 0.253 e. The summed E-state index contributed by atoms with van der Waals surface area (Å²) in [5.74, 6) is -0.421. The largest absolute Gasteiger partial charge is 0.354 e. The second kappa shape index (κ2) is 10.8. The van der Waals surface area contributed by atoms with Crippen molar-refractivity contribution in [2.75, 3.05) is 19.6 Å². The number of piperidine rings is 1. The third-order valence-corrected chi connectivity index (χ3v) is 5.75. The summed E-state index contributed by atoms with van der Waals surface area (Å²) in [7, 11) is 0. The molecule has 0 saturated carbocycles. The van der Waals surface area contributed by atoms with Crippen molar-refractivity contribution in [3.8, 4) is 0 Å². The highest BCUT2D eigenvalue weighted by atomic mass is 16.2. The summed E-state index contributed by atoms with van der Waals surface area (Å²) in [5, 5.41) is 5.87. The van der Waals surface area contributed by atoms with Crippen LogP contribution in [0.4, 0.5) is 0 Å². The Kier molecular flexibility index (Phi) is 7.82. The molecule has 0 aliphatic carbocycles. The minimum absolute atomic E-state index is 0.00901. The molecular formula is C25H31N3O3. The van der Waals surface area contributed by atoms with Crippen molar-refractivity contribution in [1.29, 1.82) is 0 Å². The van der Waals surface area contributed by atoms with Gasteiger partial charge in [0.2, 0.25) is 5.91 Å². The molecule has 1 saturated heterocycles. The van der Waals surface area contributed by atoms with Gasteiger partial charge in [-0.25, -0.2) is 0 Å². The van der Waals surface area contributed by atoms with E-state index in [0.717, 1.165) is 12.0 Å². The van der Waals surface area contributed by atoms with Gasteiger partial charge in [-0.1, -0.05) is 42.8 Å². The molecule has 3 rings (SSSR count). The van der Waals surface area contributed by atoms with Crippen molar-refractivity contribution in [3.05, 3.63) is 71.3 Å². The van der Waals surface area contributed by atoms with Crippen molar-refractivity contribution in [1.82, 2.24) is 15.5 Å². The van der Waals surface area contributed by atoms with E-state index in [1.165, 1.54) is 0 Å². The van der Waals surface area contributed by atoms with Crippen molar-refractivity contribution in [3.63, 3.8) is 0 Å². The van der Waals surface area contributed by atoms with Gasteiger partial charge in [-0.2, -0.15) is 0 Å². The van der Waals surface area contributed by atoms with Gasteiger partial charge in [0.1, 0.15) is 6.04 Å². The van der Waals surface area contributed by atoms with E-state index >= 15 is 0 Å². The van der Waals surface area contributed by atoms with Gasteiger partial charge in [-0.15, -0.1) is 0 Å². The number of hydrogen-bond acceptors (Lipinski definition) is 3. The third kappa shape index (κ3) is 5.94. The fraction of sp³-hybridized carbons (Fsp3) is 0.400. The summed E-state index contributed by atoms with van der Waals surface area (Å²) in [6, 6.07) is 15.9. The van der Waals surface area contributed by atoms with E-state index < -0.39 is 6.04 Å². The molecule has 1 heterocycles. The fourth-order valence-corrected chi connectivity index (χ4v) is 3.88. The fourth-order valence-electron chi connectivity index (χ4n) is 3.88. The van der Waals surface area contributed by atoms with Crippen LogP contribution in [0.25, 0.3) is 0 Å². The van der Waals surface area contributed by atoms with Crippen LogP contribution >= 0.6 is 0 Å². The highest BCUT2D eigenvalue weighted by Crippen LogP contribution is 2.23. The summed E-state index contributed by atoms with van der Waals surface area (Å²) < 4.78 is 0. The van der Waals surface area contributed by atoms with Crippen molar-refractivity contribution < 1.29 is 14.4 Å². The summed E-state index contributed by atoms with van der Waals surface area (Å²) in [6.07, 6.45) is 2.16. The van der Waals surface area contributed by atoms with Crippen LogP contribution in [-0.2, 0) is 4.79 Å². The van der Waals surface area contributed by atoms with Gasteiger partial charge in [0.15, 0.2) is 0 Å². The van der Waals surface area contributed by atoms with Crippen LogP contribution < -0.4 is 10.6 Å². The first-order valence-corrected chi connectivity index (χ1v) is 11.0. The topological polar surface area (TPSA) is 78.5 Å². The molecule has 0 radical (unpaired) electrons. The lowest BCUT2D eigenvalue weighted by Gasteiger charge is -2.36. The molecule has 1 unspecified atom stereocenters. The SMILES string of the molecule is CCCNC(=O)C(NC(=O)c1ccc(C)cc1)C1CCN(C(=O)c2ccccc2)CC1. The van der Waals surface area contributed by atoms with E-state index in [4.69, 9.17) is 0 Å². The van der Waals surface area contributed by atoms with E-state index in [1.54, 1.807) is 12.1 Å². The van der Waals surface area contributed by atoms with E-state index in [1.807, 2.05) is 61.2 Å². The van der Waals surface area contributed by atoms with Crippen LogP contribution in [0.15, 0.2) is 54.6 Å². The maximum Gasteiger partial charge on any atom is 0.253 e. The first-order chi connectivity index (χ1) is 15.0. The number of nitrogens with zero attached hydrogens (tertiary/aromatic N) is 1. The molecule has 0 aromatic heterocycles. The Bertz CT molecular complexity index is 888. The van der Waals surface area contributed by atoms with Crippen LogP contribution in [0.3, 0.4) is 0 Å². The molecule has 0 spiro atoms. The highest BCUT2D eigenvalue weighted by molar-refractivity contribution is 5.97. The summed E-state index contributed by atoms with van der Waals surface area (Å²) in [6.45, 7) is 5.66. The van der Waals surface area contributed by atoms with Crippen LogP contribution in [0, 0.1) is 12.8 Å². The number of hydrogen-bond donors (Lipinski definition) is 2. The highest BCUT2D eigenvalue weighted by Gasteiger charge is 2.34. The number of nitrogens with one attached hydrogen (secondary N) is 2. The molecule has 6 heteroatoms. The molecule has 6 nitrogen and oxygen atoms in total. The number of carbonyl (C=O) groups excluding carboxylic acids is 3. The number of amides is 3. The number of likely N-dealkylation sites (tertiary alicyclic amines) is 1. The quantitative estimate of drug-likeness (QED) is 0.721. The molecule has 2 N–H and O–H groups in total. The molecule has 0 bridgehead atoms. The number of carbonyl (C=O) groups is 3. The van der Waals surface area contributed by atoms with Crippen LogP contribution in [-0.4, -0.2) is 48.3 Å². The van der Waals surface area contributed by atoms with Gasteiger partial charge in [0, 0.05) is 30.8 Å². The van der Waals surface area contributed by atoms with Crippen LogP contribution in [0.5, 0.6) is 0 Å². The number of aryl methyl sites for hydroxylation is 1. The van der Waals surface area contributed by atoms with Gasteiger partial charge in [-0.3, -0.25) is 14.4 Å². The van der Waals surface area contributed by atoms with E-state index in [9.17, 15) is 14.4 Å². The molecule has 1 aliphatic rings. The lowest BCUT2D eigenvalue weighted by Crippen LogP contribution is -2.54. The predicted molar refractivity (Wildman–Crippen MR) is 121 cm³/mol. The van der Waals surface area contributed by atoms with Crippen LogP contribution in [0.1, 0.15) is 52.5 Å². The van der Waals surface area contributed by atoms with Gasteiger partial charge >= 0.3 is 0 Å². The Morgan fingerprint density at radius 1 is 0.968 bits per heavy atom. The average molecular weight is 422 g/mol. The molecule has 164 valence electrons. The minimum Gasteiger partial charge on any atom is -0.354 e. The normalized spacial score (nSPS) is 15.2. The lowest BCUT2D eigenvalue weighted by molar-refractivity contribution is -0.124. The zero-order chi connectivity index (χ0) is 22.2. The number of rotatable bonds is 7. The van der Waals surface area contributed by atoms with Gasteiger partial charge < -0.3 is 15.5 Å². The average Bonchev–Trinajstić information content (AvgIpc) is 2.81. The maximum absolute atomic E-state index is 12.9. The maximum atomic E-state index is 12.9. The summed E-state index contributed by atoms with van der Waals surface area (Å²) >= 11 is 0. The van der Waals surface area contributed by atoms with Gasteiger partial charge in [-0.05, 0) is 56.4 Å². The lowest BCUT2D eigenvalue weighted by atomic mass is 9.88. The molecule has 2 aromatic rings. The Hall–Kier alpha value is -3.15. The molecule has 3 amide bonds. The molecular weight excluding hydrogens is 390 g/mol. The van der Waals surface area contributed by atoms with Crippen molar-refractivity contribution in [2.24, 2.45) is 5.92 Å². The predicted octanol–water partition coefficient (Wildman–Crippen LogP) is 3.17. The van der Waals surface area contributed by atoms with E-state index in [0.29, 0.717) is 43.6 Å². The monoisotopic (exact) mass is 421 g/mol. The summed E-state index contributed by atoms with van der Waals surface area (Å²) in [4.78, 5) is 40.2. The standard InChI is InChI=1S/C25H31N3O3/c1-3-15-26-24(30)22(27-23(29)20-11-9-18(2)10-12-20)19-13-16-28(17-14-19)25(31)21-7-5-4-6-8-21/h4-12,19,22H,3,13-17H2,1-2H3,(H,26,30)(H,27,29). The Morgan fingerprint density at radius 2 is 1.61 bits per heavy atom. The van der Waals surface area contributed by atoms with E-state index in [2.05, 4.69) is 10.6 Å². The molecule has 1 atom stereocenters. The molecule has 2 aromatic carbocycles. The Morgan fingerprint density at radius 3 is 2.23 bits per heavy atom. The summed E-state index contributed by atoms with van der Waals surface area (Å²) in [5.41, 5.74) is 2.28. The van der Waals surface area contributed by atoms with Crippen molar-refractivity contribution in [2.45, 2.75) is 39.2 Å². The second-order valence-corrected chi connectivity index (χ2v) is 8.10. The third-order valence-electron chi connectivity index (χ3n) is 5.75. The first-order valence-electron chi connectivity index (χ1n) is 11.0. The second-order valence-electron chi connectivity index (χ2n) is 8.10. The zero-order valence-corrected chi connectivity index (χ0v) is 18.3. The Labute approximate surface area is 184 Å². The zero-order valence-electron chi connectivity index (χ0n) is 18.3. The molecule has 31 heavy (non-hydrogen) atoms. The minimum atomic E-state index is -0.616. The van der Waals surface area contributed by atoms with Gasteiger partial charge in [0.05, 0.1) is 0 Å². The Balaban J connectivity index is 1.67. The number of benzene rings is 2. The first kappa shape index (κ1) is 22.5. The van der Waals surface area contributed by atoms with Crippen LogP contribution in [0.2, 0.25) is 0 Å². The van der Waals surface area contributed by atoms with E-state index in [-0.39, 0.29) is 23.6 Å². The molecule has 1 fully saturated rings.